The number of amides is 4. The van der Waals surface area contributed by atoms with Crippen LogP contribution >= 0.6 is 0 Å². The SMILES string of the molecule is Cc1cccc(C)c1N1C(=O)C2=CC=C3C(=O)N(c4c(C)cccc4C)C(=O)C4=CC=C(C1=O)C2C34. The molecule has 4 amide bonds. The Morgan fingerprint density at radius 3 is 0.972 bits per heavy atom. The van der Waals surface area contributed by atoms with Crippen LogP contribution in [-0.2, 0) is 19.2 Å². The van der Waals surface area contributed by atoms with Gasteiger partial charge in [0.1, 0.15) is 0 Å². The summed E-state index contributed by atoms with van der Waals surface area (Å²) in [6.45, 7) is 7.48. The van der Waals surface area contributed by atoms with Gasteiger partial charge in [-0.15, -0.1) is 0 Å². The molecule has 6 nitrogen and oxygen atoms in total. The first-order chi connectivity index (χ1) is 17.2. The fourth-order valence-corrected chi connectivity index (χ4v) is 6.07. The molecule has 2 aromatic carbocycles. The van der Waals surface area contributed by atoms with Gasteiger partial charge in [-0.1, -0.05) is 60.7 Å². The molecule has 178 valence electrons. The molecule has 0 unspecified atom stereocenters. The third kappa shape index (κ3) is 2.78. The average molecular weight is 477 g/mol. The summed E-state index contributed by atoms with van der Waals surface area (Å²) in [5.74, 6) is -2.94. The van der Waals surface area contributed by atoms with E-state index in [1.807, 2.05) is 64.1 Å². The van der Waals surface area contributed by atoms with Gasteiger partial charge in [-0.2, -0.15) is 0 Å². The Kier molecular flexibility index (Phi) is 4.67. The van der Waals surface area contributed by atoms with Gasteiger partial charge in [0.2, 0.25) is 0 Å². The van der Waals surface area contributed by atoms with Crippen molar-refractivity contribution in [2.75, 3.05) is 9.80 Å². The smallest absolute Gasteiger partial charge is 0.261 e. The van der Waals surface area contributed by atoms with Crippen molar-refractivity contribution in [2.24, 2.45) is 11.8 Å². The Bertz CT molecular complexity index is 1350. The van der Waals surface area contributed by atoms with Gasteiger partial charge in [-0.05, 0) is 49.9 Å². The van der Waals surface area contributed by atoms with E-state index in [-0.39, 0.29) is 0 Å². The summed E-state index contributed by atoms with van der Waals surface area (Å²) in [6, 6.07) is 11.3. The lowest BCUT2D eigenvalue weighted by Gasteiger charge is -2.46. The Hall–Kier alpha value is -4.32. The second kappa shape index (κ2) is 7.59. The number of nitrogens with zero attached hydrogens (tertiary/aromatic N) is 2. The predicted octanol–water partition coefficient (Wildman–Crippen LogP) is 4.33. The van der Waals surface area contributed by atoms with Crippen LogP contribution < -0.4 is 9.80 Å². The Morgan fingerprint density at radius 2 is 0.722 bits per heavy atom. The monoisotopic (exact) mass is 476 g/mol. The minimum Gasteiger partial charge on any atom is -0.269 e. The van der Waals surface area contributed by atoms with E-state index in [2.05, 4.69) is 0 Å². The first kappa shape index (κ1) is 22.2. The molecule has 2 aromatic rings. The highest BCUT2D eigenvalue weighted by atomic mass is 16.2. The number of hydrogen-bond acceptors (Lipinski definition) is 4. The van der Waals surface area contributed by atoms with Gasteiger partial charge in [0, 0.05) is 34.1 Å². The van der Waals surface area contributed by atoms with E-state index in [0.717, 1.165) is 22.3 Å². The van der Waals surface area contributed by atoms with Crippen LogP contribution in [0, 0.1) is 39.5 Å². The van der Waals surface area contributed by atoms with E-state index in [1.165, 1.54) is 9.80 Å². The molecule has 2 fully saturated rings. The topological polar surface area (TPSA) is 74.8 Å². The van der Waals surface area contributed by atoms with Crippen LogP contribution in [0.4, 0.5) is 11.4 Å². The molecule has 4 aliphatic rings. The molecule has 36 heavy (non-hydrogen) atoms. The quantitative estimate of drug-likeness (QED) is 0.605. The zero-order chi connectivity index (χ0) is 25.5. The molecule has 2 aliphatic heterocycles. The third-order valence-corrected chi connectivity index (χ3v) is 7.68. The standard InChI is InChI=1S/C30H24N2O4/c1-15-7-5-8-16(2)25(15)31-27(33)19-11-13-21-24-22(14-12-20(23(19)24)28(31)34)30(36)32(29(21)35)26-17(3)9-6-10-18(26)4/h5-14,23-24H,1-4H3. The predicted molar refractivity (Wildman–Crippen MR) is 136 cm³/mol. The molecule has 0 bridgehead atoms. The lowest BCUT2D eigenvalue weighted by molar-refractivity contribution is -0.128. The first-order valence-electron chi connectivity index (χ1n) is 12.0. The molecule has 0 saturated carbocycles. The van der Waals surface area contributed by atoms with Gasteiger partial charge >= 0.3 is 0 Å². The molecule has 0 spiro atoms. The summed E-state index contributed by atoms with van der Waals surface area (Å²) >= 11 is 0. The molecule has 0 radical (unpaired) electrons. The van der Waals surface area contributed by atoms with Crippen LogP contribution in [0.3, 0.4) is 0 Å². The number of anilines is 2. The van der Waals surface area contributed by atoms with E-state index < -0.39 is 35.5 Å². The van der Waals surface area contributed by atoms with Crippen LogP contribution in [-0.4, -0.2) is 23.6 Å². The van der Waals surface area contributed by atoms with E-state index in [1.54, 1.807) is 24.3 Å². The van der Waals surface area contributed by atoms with Crippen molar-refractivity contribution < 1.29 is 19.2 Å². The van der Waals surface area contributed by atoms with Gasteiger partial charge in [0.05, 0.1) is 11.4 Å². The zero-order valence-electron chi connectivity index (χ0n) is 20.5. The van der Waals surface area contributed by atoms with Crippen LogP contribution in [0.2, 0.25) is 0 Å². The largest absolute Gasteiger partial charge is 0.269 e. The Labute approximate surface area is 208 Å². The van der Waals surface area contributed by atoms with Crippen molar-refractivity contribution in [3.05, 3.63) is 105 Å². The lowest BCUT2D eigenvalue weighted by Crippen LogP contribution is -2.55. The fraction of sp³-hybridized carbons (Fsp3) is 0.200. The number of allylic oxidation sites excluding steroid dienone is 4. The molecule has 2 heterocycles. The molecule has 6 heteroatoms. The maximum Gasteiger partial charge on any atom is 0.261 e. The van der Waals surface area contributed by atoms with Gasteiger partial charge < -0.3 is 0 Å². The van der Waals surface area contributed by atoms with Crippen molar-refractivity contribution in [3.8, 4) is 0 Å². The van der Waals surface area contributed by atoms with Crippen molar-refractivity contribution in [3.63, 3.8) is 0 Å². The molecular formula is C30H24N2O4. The maximum absolute atomic E-state index is 13.7. The third-order valence-electron chi connectivity index (χ3n) is 7.68. The van der Waals surface area contributed by atoms with E-state index in [0.29, 0.717) is 33.7 Å². The molecule has 0 aromatic heterocycles. The minimum atomic E-state index is -0.654. The second-order valence-electron chi connectivity index (χ2n) is 9.82. The Morgan fingerprint density at radius 1 is 0.472 bits per heavy atom. The number of benzene rings is 2. The maximum atomic E-state index is 13.7. The number of piperidine rings is 2. The van der Waals surface area contributed by atoms with Crippen molar-refractivity contribution in [1.82, 2.24) is 0 Å². The zero-order valence-corrected chi connectivity index (χ0v) is 20.5. The summed E-state index contributed by atoms with van der Waals surface area (Å²) in [5.41, 5.74) is 6.13. The van der Waals surface area contributed by atoms with Gasteiger partial charge in [-0.25, -0.2) is 9.80 Å². The second-order valence-corrected chi connectivity index (χ2v) is 9.82. The fourth-order valence-electron chi connectivity index (χ4n) is 6.07. The van der Waals surface area contributed by atoms with Gasteiger partial charge in [-0.3, -0.25) is 19.2 Å². The summed E-state index contributed by atoms with van der Waals surface area (Å²) < 4.78 is 0. The summed E-state index contributed by atoms with van der Waals surface area (Å²) in [5, 5.41) is 0. The van der Waals surface area contributed by atoms with Crippen LogP contribution in [0.25, 0.3) is 0 Å². The summed E-state index contributed by atoms with van der Waals surface area (Å²) in [7, 11) is 0. The number of aryl methyl sites for hydroxylation is 4. The number of para-hydroxylation sites is 2. The molecule has 2 saturated heterocycles. The van der Waals surface area contributed by atoms with Crippen molar-refractivity contribution in [1.29, 1.82) is 0 Å². The Balaban J connectivity index is 1.53. The number of carbonyl (C=O) groups excluding carboxylic acids is 4. The number of imide groups is 2. The molecule has 6 rings (SSSR count). The average Bonchev–Trinajstić information content (AvgIpc) is 2.84. The molecule has 0 atom stereocenters. The normalized spacial score (nSPS) is 22.7. The molecule has 0 N–H and O–H groups in total. The number of hydrogen-bond donors (Lipinski definition) is 0. The molecule has 2 aliphatic carbocycles. The highest BCUT2D eigenvalue weighted by Crippen LogP contribution is 2.51. The van der Waals surface area contributed by atoms with Crippen LogP contribution in [0.1, 0.15) is 22.3 Å². The number of carbonyl (C=O) groups is 4. The van der Waals surface area contributed by atoms with E-state index in [9.17, 15) is 19.2 Å². The van der Waals surface area contributed by atoms with Gasteiger partial charge in [0.15, 0.2) is 0 Å². The highest BCUT2D eigenvalue weighted by Gasteiger charge is 2.55. The van der Waals surface area contributed by atoms with E-state index >= 15 is 0 Å². The van der Waals surface area contributed by atoms with Crippen molar-refractivity contribution in [2.45, 2.75) is 27.7 Å². The molecular weight excluding hydrogens is 452 g/mol. The minimum absolute atomic E-state index is 0.409. The van der Waals surface area contributed by atoms with Crippen molar-refractivity contribution >= 4 is 35.0 Å². The number of rotatable bonds is 2. The highest BCUT2D eigenvalue weighted by molar-refractivity contribution is 6.34. The lowest BCUT2D eigenvalue weighted by atomic mass is 9.63. The van der Waals surface area contributed by atoms with E-state index in [4.69, 9.17) is 0 Å². The van der Waals surface area contributed by atoms with Crippen LogP contribution in [0.5, 0.6) is 0 Å². The van der Waals surface area contributed by atoms with Crippen LogP contribution in [0.15, 0.2) is 83.0 Å². The summed E-state index contributed by atoms with van der Waals surface area (Å²) in [4.78, 5) is 57.5. The first-order valence-corrected chi connectivity index (χ1v) is 12.0. The van der Waals surface area contributed by atoms with Gasteiger partial charge in [0.25, 0.3) is 23.6 Å². The summed E-state index contributed by atoms with van der Waals surface area (Å²) in [6.07, 6.45) is 6.61.